The molecule has 208 valence electrons. The molecule has 18 heteroatoms. The third-order valence-corrected chi connectivity index (χ3v) is 7.01. The lowest BCUT2D eigenvalue weighted by Crippen LogP contribution is -2.36. The first-order valence-corrected chi connectivity index (χ1v) is 12.4. The molecule has 0 radical (unpaired) electrons. The lowest BCUT2D eigenvalue weighted by Gasteiger charge is -2.35. The van der Waals surface area contributed by atoms with Crippen molar-refractivity contribution in [2.75, 3.05) is 26.2 Å². The normalized spacial score (nSPS) is 16.0. The zero-order valence-electron chi connectivity index (χ0n) is 20.0. The number of aliphatic carboxylic acids is 1. The van der Waals surface area contributed by atoms with Crippen LogP contribution in [0.25, 0.3) is 22.6 Å². The topological polar surface area (TPSA) is 203 Å². The Kier molecular flexibility index (Phi) is 8.42. The number of amides is 1. The van der Waals surface area contributed by atoms with E-state index in [-0.39, 0.29) is 30.5 Å². The van der Waals surface area contributed by atoms with Crippen molar-refractivity contribution in [3.05, 3.63) is 44.1 Å². The number of carbonyl (C=O) groups is 2. The Labute approximate surface area is 213 Å². The lowest BCUT2D eigenvalue weighted by atomic mass is 10.1. The predicted octanol–water partition coefficient (Wildman–Crippen LogP) is 0.437. The Bertz CT molecular complexity index is 1460. The number of fused-ring (bicyclic) bond motifs is 2. The Morgan fingerprint density at radius 2 is 1.71 bits per heavy atom. The highest BCUT2D eigenvalue weighted by molar-refractivity contribution is 8.21. The van der Waals surface area contributed by atoms with Crippen LogP contribution in [0, 0.1) is 13.8 Å². The maximum atomic E-state index is 12.3. The maximum absolute atomic E-state index is 12.3. The van der Waals surface area contributed by atoms with Gasteiger partial charge in [0.2, 0.25) is 0 Å². The number of alkyl halides is 3. The molecular weight excluding hydrogens is 539 g/mol. The highest BCUT2D eigenvalue weighted by atomic mass is 32.3. The first kappa shape index (κ1) is 29.0. The number of benzene rings is 1. The van der Waals surface area contributed by atoms with Gasteiger partial charge < -0.3 is 15.0 Å². The molecule has 0 bridgehead atoms. The summed E-state index contributed by atoms with van der Waals surface area (Å²) in [6.07, 6.45) is -5.08. The number of carbonyl (C=O) groups excluding carboxylic acids is 1. The van der Waals surface area contributed by atoms with Crippen LogP contribution in [0.3, 0.4) is 0 Å². The molecule has 0 spiro atoms. The van der Waals surface area contributed by atoms with E-state index in [9.17, 15) is 36.7 Å². The molecule has 3 aliphatic heterocycles. The molecule has 0 atom stereocenters. The number of aromatic nitrogens is 4. The molecular formula is C20H24F3N7O7S. The van der Waals surface area contributed by atoms with Crippen LogP contribution in [0.5, 0.6) is 0 Å². The van der Waals surface area contributed by atoms with Gasteiger partial charge in [-0.1, -0.05) is 11.0 Å². The van der Waals surface area contributed by atoms with Gasteiger partial charge in [0, 0.05) is 19.6 Å². The Morgan fingerprint density at radius 3 is 2.29 bits per heavy atom. The van der Waals surface area contributed by atoms with Crippen molar-refractivity contribution in [1.82, 2.24) is 33.9 Å². The van der Waals surface area contributed by atoms with Crippen molar-refractivity contribution < 1.29 is 37.0 Å². The molecule has 14 nitrogen and oxygen atoms in total. The van der Waals surface area contributed by atoms with E-state index in [1.807, 2.05) is 26.0 Å². The molecule has 1 fully saturated rings. The van der Waals surface area contributed by atoms with Crippen LogP contribution in [0.2, 0.25) is 0 Å². The average Bonchev–Trinajstić information content (AvgIpc) is 3.06. The molecule has 0 aromatic heterocycles. The van der Waals surface area contributed by atoms with Gasteiger partial charge >= 0.3 is 17.8 Å². The molecule has 3 aliphatic rings. The largest absolute Gasteiger partial charge is 0.490 e. The molecule has 4 rings (SSSR count). The number of carboxylic acid groups (broad SMARTS) is 1. The third-order valence-electron chi connectivity index (χ3n) is 5.47. The number of nitrogens with zero attached hydrogens (tertiary/aromatic N) is 4. The van der Waals surface area contributed by atoms with E-state index >= 15 is 0 Å². The van der Waals surface area contributed by atoms with Gasteiger partial charge in [0.1, 0.15) is 0 Å². The van der Waals surface area contributed by atoms with Crippen LogP contribution < -0.4 is 21.3 Å². The third kappa shape index (κ3) is 6.45. The molecule has 0 aliphatic carbocycles. The number of halogens is 3. The number of aromatic amines is 1. The molecule has 1 aromatic rings. The fourth-order valence-electron chi connectivity index (χ4n) is 3.49. The highest BCUT2D eigenvalue weighted by Gasteiger charge is 2.38. The van der Waals surface area contributed by atoms with Gasteiger partial charge in [0.25, 0.3) is 11.5 Å². The molecule has 0 saturated carbocycles. The van der Waals surface area contributed by atoms with Crippen LogP contribution in [0.15, 0.2) is 21.7 Å². The van der Waals surface area contributed by atoms with Crippen molar-refractivity contribution in [2.24, 2.45) is 0 Å². The quantitative estimate of drug-likeness (QED) is 0.179. The minimum atomic E-state index is -5.08. The summed E-state index contributed by atoms with van der Waals surface area (Å²) in [7, 11) is -3.25. The van der Waals surface area contributed by atoms with Crippen LogP contribution in [0.4, 0.5) is 13.2 Å². The summed E-state index contributed by atoms with van der Waals surface area (Å²) in [6, 6.07) is 3.82. The van der Waals surface area contributed by atoms with Crippen LogP contribution in [-0.2, 0) is 16.1 Å². The van der Waals surface area contributed by atoms with E-state index in [1.165, 1.54) is 0 Å². The minimum absolute atomic E-state index is 0.0815. The van der Waals surface area contributed by atoms with Gasteiger partial charge in [0.05, 0.1) is 24.1 Å². The van der Waals surface area contributed by atoms with E-state index in [0.29, 0.717) is 25.2 Å². The van der Waals surface area contributed by atoms with E-state index in [0.717, 1.165) is 20.9 Å². The zero-order chi connectivity index (χ0) is 28.4. The van der Waals surface area contributed by atoms with Crippen LogP contribution >= 0.6 is 11.0 Å². The molecule has 38 heavy (non-hydrogen) atoms. The average molecular weight is 564 g/mol. The molecule has 6 N–H and O–H groups in total. The highest BCUT2D eigenvalue weighted by Crippen LogP contribution is 2.41. The second-order valence-corrected chi connectivity index (χ2v) is 9.89. The van der Waals surface area contributed by atoms with Gasteiger partial charge in [0.15, 0.2) is 11.5 Å². The first-order valence-electron chi connectivity index (χ1n) is 10.9. The summed E-state index contributed by atoms with van der Waals surface area (Å²) < 4.78 is 56.5. The number of hydrogen-bond acceptors (Lipinski definition) is 10. The van der Waals surface area contributed by atoms with Crippen molar-refractivity contribution >= 4 is 33.9 Å². The monoisotopic (exact) mass is 563 g/mol. The molecule has 0 unspecified atom stereocenters. The number of H-pyrrole nitrogens is 1. The van der Waals surface area contributed by atoms with Gasteiger partial charge in [-0.15, -0.1) is 0 Å². The van der Waals surface area contributed by atoms with E-state index < -0.39 is 34.4 Å². The molecule has 1 amide bonds. The summed E-state index contributed by atoms with van der Waals surface area (Å²) in [6.45, 7) is 5.05. The number of carboxylic acids is 1. The van der Waals surface area contributed by atoms with Crippen LogP contribution in [-0.4, -0.2) is 82.3 Å². The van der Waals surface area contributed by atoms with Crippen molar-refractivity contribution in [3.8, 4) is 11.5 Å². The molecule has 1 saturated heterocycles. The minimum Gasteiger partial charge on any atom is -0.475 e. The van der Waals surface area contributed by atoms with E-state index in [4.69, 9.17) is 9.90 Å². The number of hydrogen-bond donors (Lipinski definition) is 6. The van der Waals surface area contributed by atoms with Crippen LogP contribution in [0.1, 0.15) is 11.1 Å². The summed E-state index contributed by atoms with van der Waals surface area (Å²) in [5.74, 6) is -2.94. The van der Waals surface area contributed by atoms with Crippen molar-refractivity contribution in [1.29, 1.82) is 0 Å². The fourth-order valence-corrected chi connectivity index (χ4v) is 4.66. The molecule has 3 heterocycles. The zero-order valence-corrected chi connectivity index (χ0v) is 20.8. The fraction of sp³-hybridized carbons (Fsp3) is 0.400. The predicted molar refractivity (Wildman–Crippen MR) is 130 cm³/mol. The van der Waals surface area contributed by atoms with Gasteiger partial charge in [-0.3, -0.25) is 23.7 Å². The summed E-state index contributed by atoms with van der Waals surface area (Å²) in [4.78, 5) is 55.3. The maximum Gasteiger partial charge on any atom is 0.490 e. The Balaban J connectivity index is 0.000000505. The van der Waals surface area contributed by atoms with Crippen molar-refractivity contribution in [3.63, 3.8) is 0 Å². The van der Waals surface area contributed by atoms with E-state index in [1.54, 1.807) is 4.57 Å². The Hall–Kier alpha value is -3.58. The van der Waals surface area contributed by atoms with Gasteiger partial charge in [-0.05, 0) is 37.1 Å². The standard InChI is InChI=1S/C18H23N7O5S.C2HF3O2/c1-10-7-12-13(8-11(10)2)24(16-15(21-12)17(27)23-18(28)22-16)5-3-19-4-6-25-14(26)9-20-31(25,29)30;3-2(4,5)1(6)7/h7-8,19-20,29-30H,3-6,9H2,1-2H3,(H,23,27,28);(H,6,7). The van der Waals surface area contributed by atoms with Gasteiger partial charge in [-0.25, -0.2) is 18.9 Å². The summed E-state index contributed by atoms with van der Waals surface area (Å²) in [5.41, 5.74) is 2.16. The SMILES string of the molecule is Cc1cc2nc3c(=O)[nH]c(=O)nc-3n(CCNCCN3C(=O)CNS3(O)O)c2cc1C.O=C(O)C(F)(F)F. The number of nitrogens with one attached hydrogen (secondary N) is 3. The number of aryl methyl sites for hydroxylation is 2. The second-order valence-electron chi connectivity index (χ2n) is 8.12. The Morgan fingerprint density at radius 1 is 1.11 bits per heavy atom. The second kappa shape index (κ2) is 11.0. The smallest absolute Gasteiger partial charge is 0.475 e. The van der Waals surface area contributed by atoms with Crippen molar-refractivity contribution in [2.45, 2.75) is 26.6 Å². The summed E-state index contributed by atoms with van der Waals surface area (Å²) in [5, 5.41) is 10.3. The van der Waals surface area contributed by atoms with Gasteiger partial charge in [-0.2, -0.15) is 22.9 Å². The number of rotatable bonds is 6. The summed E-state index contributed by atoms with van der Waals surface area (Å²) >= 11 is 0. The van der Waals surface area contributed by atoms with E-state index in [2.05, 4.69) is 25.0 Å². The first-order chi connectivity index (χ1) is 17.6. The lowest BCUT2D eigenvalue weighted by molar-refractivity contribution is -0.192. The molecule has 1 aromatic carbocycles.